The number of benzene rings is 4. The zero-order chi connectivity index (χ0) is 33.4. The maximum Gasteiger partial charge on any atom is 0.762 e. The summed E-state index contributed by atoms with van der Waals surface area (Å²) >= 11 is 0. The van der Waals surface area contributed by atoms with Crippen LogP contribution in [0.1, 0.15) is 96.3 Å². The van der Waals surface area contributed by atoms with Crippen LogP contribution in [0.25, 0.3) is 0 Å². The fourth-order valence-electron chi connectivity index (χ4n) is 8.00. The van der Waals surface area contributed by atoms with Crippen LogP contribution in [0.4, 0.5) is 12.9 Å². The summed E-state index contributed by atoms with van der Waals surface area (Å²) in [7, 11) is -4.80. The molecule has 0 saturated carbocycles. The molecule has 2 aliphatic heterocycles. The Morgan fingerprint density at radius 3 is 0.820 bits per heavy atom. The minimum atomic E-state index is -3.67. The average molecular weight is 807 g/mol. The zero-order valence-electron chi connectivity index (χ0n) is 28.7. The monoisotopic (exact) mass is 806 g/mol. The van der Waals surface area contributed by atoms with Gasteiger partial charge >= 0.3 is 7.54 Å². The van der Waals surface area contributed by atoms with E-state index < -0.39 is 23.4 Å². The molecule has 0 aromatic heterocycles. The molecule has 1 aliphatic carbocycles. The molecule has 2 heterocycles. The normalized spacial score (nSPS) is 22.9. The fourth-order valence-corrected chi connectivity index (χ4v) is 17.3. The molecule has 4 aromatic rings. The summed E-state index contributed by atoms with van der Waals surface area (Å²) in [6.45, 7) is 0. The van der Waals surface area contributed by atoms with Crippen molar-refractivity contribution in [3.05, 3.63) is 168 Å². The number of allylic oxidation sites excluding steroid dienone is 4. The van der Waals surface area contributed by atoms with Gasteiger partial charge in [-0.2, -0.15) is 0 Å². The van der Waals surface area contributed by atoms with Crippen LogP contribution in [0.3, 0.4) is 0 Å². The van der Waals surface area contributed by atoms with Crippen LogP contribution in [0.5, 0.6) is 0 Å². The second-order valence-electron chi connectivity index (χ2n) is 13.0. The van der Waals surface area contributed by atoms with Crippen molar-refractivity contribution >= 4 is 23.4 Å². The topological polar surface area (TPSA) is 0 Å². The molecule has 0 nitrogen and oxygen atoms in total. The van der Waals surface area contributed by atoms with E-state index >= 15 is 0 Å². The summed E-state index contributed by atoms with van der Waals surface area (Å²) in [6, 6.07) is 46.0. The molecule has 0 unspecified atom stereocenters. The van der Waals surface area contributed by atoms with Gasteiger partial charge in [0, 0.05) is 35.3 Å². The molecule has 0 N–H and O–H groups in total. The molecule has 2 saturated heterocycles. The van der Waals surface area contributed by atoms with Gasteiger partial charge in [0.25, 0.3) is 0 Å². The van der Waals surface area contributed by atoms with Gasteiger partial charge in [-0.1, -0.05) is 146 Å². The summed E-state index contributed by atoms with van der Waals surface area (Å²) < 4.78 is 29.0. The van der Waals surface area contributed by atoms with Crippen LogP contribution in [0, 0.1) is 0 Å². The zero-order valence-corrected chi connectivity index (χ0v) is 32.3. The molecule has 3 aliphatic rings. The molecule has 4 atom stereocenters. The average Bonchev–Trinajstić information content (AvgIpc) is 3.73. The van der Waals surface area contributed by atoms with Crippen molar-refractivity contribution in [3.63, 3.8) is 0 Å². The van der Waals surface area contributed by atoms with Gasteiger partial charge in [-0.05, 0) is 73.6 Å². The first-order chi connectivity index (χ1) is 23.6. The fraction of sp³-hybridized carbons (Fsp3) is 0.333. The number of halogens is 4. The van der Waals surface area contributed by atoms with Crippen molar-refractivity contribution in [2.75, 3.05) is 12.3 Å². The van der Waals surface area contributed by atoms with Gasteiger partial charge in [0.2, 0.25) is 0 Å². The third-order valence-electron chi connectivity index (χ3n) is 10.1. The van der Waals surface area contributed by atoms with Crippen molar-refractivity contribution in [1.82, 2.24) is 0 Å². The van der Waals surface area contributed by atoms with Crippen LogP contribution in [0.15, 0.2) is 146 Å². The maximum absolute atomic E-state index is 9.67. The van der Waals surface area contributed by atoms with Crippen LogP contribution in [0.2, 0.25) is 0 Å². The van der Waals surface area contributed by atoms with Gasteiger partial charge in [-0.3, -0.25) is 12.9 Å². The standard InChI is InChI=1S/C34H36P2.C8H12.BF3.FH.Rh/c1-5-13-27(14-6-1)31-21-22-32(28-15-7-2-8-16-28)35(31)25-26-36-33(29-17-9-3-10-18-29)23-24-34(36)30-19-11-4-12-20-30;1-2-4-6-8-7-5-3-1;2-1(3)4;;/h1-20,31-34H,21-26H2;1-2,7-8H,3-6H2;;1H;/p+1/b;2-1-,8-7-;;;/t31-,32-,33-,34-;;;;/m0..../s1. The van der Waals surface area contributed by atoms with E-state index in [1.165, 1.54) is 63.7 Å². The molecular weight excluding hydrogens is 756 g/mol. The third kappa shape index (κ3) is 12.7. The number of rotatable bonds is 7. The first-order valence-electron chi connectivity index (χ1n) is 17.7. The summed E-state index contributed by atoms with van der Waals surface area (Å²) in [4.78, 5) is 0. The Morgan fingerprint density at radius 2 is 0.620 bits per heavy atom. The van der Waals surface area contributed by atoms with E-state index in [0.717, 1.165) is 22.6 Å². The Hall–Kier alpha value is -2.37. The number of hydrogen-bond donors (Lipinski definition) is 0. The predicted molar refractivity (Wildman–Crippen MR) is 207 cm³/mol. The molecule has 2 fully saturated rings. The van der Waals surface area contributed by atoms with Gasteiger partial charge < -0.3 is 4.70 Å². The quantitative estimate of drug-likeness (QED) is 0.0756. The molecule has 0 spiro atoms. The third-order valence-corrected chi connectivity index (χ3v) is 18.3. The van der Waals surface area contributed by atoms with Gasteiger partial charge in [0.15, 0.2) is 0 Å². The second-order valence-corrected chi connectivity index (χ2v) is 19.1. The summed E-state index contributed by atoms with van der Waals surface area (Å²) in [6.07, 6.45) is 22.4. The smallest absolute Gasteiger partial charge is 0.762 e. The Bertz CT molecular complexity index is 1290. The Morgan fingerprint density at radius 1 is 0.420 bits per heavy atom. The van der Waals surface area contributed by atoms with Gasteiger partial charge in [0.05, 0.1) is 35.0 Å². The van der Waals surface area contributed by atoms with E-state index in [9.17, 15) is 12.9 Å². The molecule has 0 bridgehead atoms. The molecule has 267 valence electrons. The minimum Gasteiger partial charge on any atom is -1.00 e. The van der Waals surface area contributed by atoms with Crippen LogP contribution < -0.4 is 4.70 Å². The maximum atomic E-state index is 9.67. The molecule has 1 radical (unpaired) electrons. The summed E-state index contributed by atoms with van der Waals surface area (Å²) in [5.41, 5.74) is 9.57. The van der Waals surface area contributed by atoms with Gasteiger partial charge in [-0.15, -0.1) is 0 Å². The van der Waals surface area contributed by atoms with Crippen molar-refractivity contribution in [2.45, 2.75) is 74.0 Å². The largest absolute Gasteiger partial charge is 1.00 e. The Balaban J connectivity index is 0.000000414. The second kappa shape index (κ2) is 23.2. The minimum absolute atomic E-state index is 0. The molecule has 4 aromatic carbocycles. The van der Waals surface area contributed by atoms with Crippen LogP contribution >= 0.6 is 15.8 Å². The summed E-state index contributed by atoms with van der Waals surface area (Å²) in [5, 5.41) is 0. The van der Waals surface area contributed by atoms with E-state index in [0.29, 0.717) is 0 Å². The predicted octanol–water partition coefficient (Wildman–Crippen LogP) is 10.5. The molecule has 7 rings (SSSR count). The van der Waals surface area contributed by atoms with E-state index in [4.69, 9.17) is 0 Å². The van der Waals surface area contributed by atoms with Crippen molar-refractivity contribution < 1.29 is 37.1 Å². The van der Waals surface area contributed by atoms with Crippen molar-refractivity contribution in [2.24, 2.45) is 0 Å². The first kappa shape index (κ1) is 42.0. The SMILES string of the molecule is C1=C\CC/C=C\CC/1.FB(F)F.[F-].[Rh].c1ccc([C@@H]2CC[C@@H](c3ccccc3)[PH+]2CC[PH+]2[C@H](c3ccccc3)CC[C@H]2c2ccccc2)cc1. The van der Waals surface area contributed by atoms with E-state index in [2.05, 4.69) is 146 Å². The van der Waals surface area contributed by atoms with Crippen molar-refractivity contribution in [3.8, 4) is 0 Å². The number of hydrogen-bond acceptors (Lipinski definition) is 0. The Labute approximate surface area is 313 Å². The molecule has 0 amide bonds. The molecule has 50 heavy (non-hydrogen) atoms. The van der Waals surface area contributed by atoms with Crippen LogP contribution in [-0.4, -0.2) is 19.9 Å². The Kier molecular flexibility index (Phi) is 19.5. The van der Waals surface area contributed by atoms with Gasteiger partial charge in [0.1, 0.15) is 0 Å². The van der Waals surface area contributed by atoms with Crippen molar-refractivity contribution in [1.29, 1.82) is 0 Å². The first-order valence-corrected chi connectivity index (χ1v) is 21.5. The van der Waals surface area contributed by atoms with E-state index in [1.54, 1.807) is 22.3 Å². The summed E-state index contributed by atoms with van der Waals surface area (Å²) in [5.74, 6) is 0. The van der Waals surface area contributed by atoms with Gasteiger partial charge in [-0.25, -0.2) is 0 Å². The van der Waals surface area contributed by atoms with Crippen LogP contribution in [-0.2, 0) is 19.5 Å². The molecule has 8 heteroatoms. The van der Waals surface area contributed by atoms with E-state index in [1.807, 2.05) is 0 Å². The molecular formula is C42H50BF4P2Rh+. The van der Waals surface area contributed by atoms with E-state index in [-0.39, 0.29) is 24.2 Å².